The van der Waals surface area contributed by atoms with E-state index >= 15 is 0 Å². The lowest BCUT2D eigenvalue weighted by Gasteiger charge is -2.19. The van der Waals surface area contributed by atoms with Gasteiger partial charge in [0.1, 0.15) is 0 Å². The van der Waals surface area contributed by atoms with Crippen molar-refractivity contribution in [3.8, 4) is 0 Å². The molecular formula is C11H22N2O4. The monoisotopic (exact) mass is 246 g/mol. The summed E-state index contributed by atoms with van der Waals surface area (Å²) in [4.78, 5) is 22.1. The van der Waals surface area contributed by atoms with E-state index in [-0.39, 0.29) is 0 Å². The van der Waals surface area contributed by atoms with Crippen molar-refractivity contribution < 1.29 is 19.8 Å². The van der Waals surface area contributed by atoms with E-state index in [4.69, 9.17) is 5.11 Å². The first-order valence-electron chi connectivity index (χ1n) is 5.87. The van der Waals surface area contributed by atoms with Crippen LogP contribution in [0.4, 0.5) is 4.79 Å². The number of carboxylic acids is 1. The first kappa shape index (κ1) is 15.7. The number of hydrogen-bond donors (Lipinski definition) is 4. The minimum absolute atomic E-state index is 0.385. The van der Waals surface area contributed by atoms with Crippen molar-refractivity contribution in [1.29, 1.82) is 0 Å². The minimum Gasteiger partial charge on any atom is -0.480 e. The fourth-order valence-electron chi connectivity index (χ4n) is 1.40. The van der Waals surface area contributed by atoms with Gasteiger partial charge in [-0.3, -0.25) is 0 Å². The lowest BCUT2D eigenvalue weighted by atomic mass is 10.0. The molecular weight excluding hydrogens is 224 g/mol. The molecule has 0 radical (unpaired) electrons. The van der Waals surface area contributed by atoms with Gasteiger partial charge in [-0.05, 0) is 12.8 Å². The average molecular weight is 246 g/mol. The molecule has 0 aliphatic heterocycles. The van der Waals surface area contributed by atoms with Gasteiger partial charge in [-0.15, -0.1) is 0 Å². The van der Waals surface area contributed by atoms with E-state index in [0.717, 1.165) is 12.8 Å². The summed E-state index contributed by atoms with van der Waals surface area (Å²) in [5.41, 5.74) is 0. The molecule has 0 aromatic carbocycles. The van der Waals surface area contributed by atoms with Gasteiger partial charge in [0.05, 0.1) is 6.10 Å². The first-order chi connectivity index (χ1) is 7.92. The van der Waals surface area contributed by atoms with Crippen LogP contribution < -0.4 is 10.6 Å². The van der Waals surface area contributed by atoms with Crippen molar-refractivity contribution in [3.63, 3.8) is 0 Å². The van der Waals surface area contributed by atoms with E-state index in [1.807, 2.05) is 13.8 Å². The highest BCUT2D eigenvalue weighted by atomic mass is 16.4. The number of carbonyl (C=O) groups excluding carboxylic acids is 1. The van der Waals surface area contributed by atoms with E-state index in [9.17, 15) is 14.7 Å². The molecule has 0 spiro atoms. The molecule has 2 unspecified atom stereocenters. The van der Waals surface area contributed by atoms with Crippen LogP contribution in [-0.2, 0) is 4.79 Å². The highest BCUT2D eigenvalue weighted by Crippen LogP contribution is 2.04. The fourth-order valence-corrected chi connectivity index (χ4v) is 1.40. The molecule has 0 rings (SSSR count). The standard InChI is InChI=1S/C11H22N2O4/c1-4-8(5-2)6-12-11(17)13-9(7(3)14)10(15)16/h7-9,14H,4-6H2,1-3H3,(H,15,16)(H2,12,13,17). The SMILES string of the molecule is CCC(CC)CNC(=O)NC(C(=O)O)C(C)O. The smallest absolute Gasteiger partial charge is 0.328 e. The lowest BCUT2D eigenvalue weighted by Crippen LogP contribution is -2.51. The maximum atomic E-state index is 11.4. The summed E-state index contributed by atoms with van der Waals surface area (Å²) in [6.07, 6.45) is 0.775. The van der Waals surface area contributed by atoms with Gasteiger partial charge in [0.15, 0.2) is 6.04 Å². The van der Waals surface area contributed by atoms with Gasteiger partial charge in [0.25, 0.3) is 0 Å². The third-order valence-corrected chi connectivity index (χ3v) is 2.74. The van der Waals surface area contributed by atoms with Crippen LogP contribution in [0.3, 0.4) is 0 Å². The van der Waals surface area contributed by atoms with Gasteiger partial charge < -0.3 is 20.8 Å². The number of aliphatic carboxylic acids is 1. The molecule has 0 aromatic heterocycles. The number of hydrogen-bond acceptors (Lipinski definition) is 3. The van der Waals surface area contributed by atoms with E-state index in [1.165, 1.54) is 6.92 Å². The van der Waals surface area contributed by atoms with Crippen LogP contribution in [0.15, 0.2) is 0 Å². The second-order valence-electron chi connectivity index (χ2n) is 4.09. The predicted molar refractivity (Wildman–Crippen MR) is 63.7 cm³/mol. The number of aliphatic hydroxyl groups is 1. The van der Waals surface area contributed by atoms with Crippen molar-refractivity contribution >= 4 is 12.0 Å². The number of aliphatic hydroxyl groups excluding tert-OH is 1. The Hall–Kier alpha value is -1.30. The van der Waals surface area contributed by atoms with Gasteiger partial charge in [0, 0.05) is 6.54 Å². The summed E-state index contributed by atoms with van der Waals surface area (Å²) >= 11 is 0. The number of nitrogens with one attached hydrogen (secondary N) is 2. The highest BCUT2D eigenvalue weighted by Gasteiger charge is 2.24. The topological polar surface area (TPSA) is 98.7 Å². The Bertz CT molecular complexity index is 252. The number of amides is 2. The predicted octanol–water partition coefficient (Wildman–Crippen LogP) is 0.556. The van der Waals surface area contributed by atoms with Crippen LogP contribution in [0.2, 0.25) is 0 Å². The van der Waals surface area contributed by atoms with Crippen molar-refractivity contribution in [2.45, 2.75) is 45.8 Å². The molecule has 2 amide bonds. The van der Waals surface area contributed by atoms with E-state index < -0.39 is 24.1 Å². The zero-order chi connectivity index (χ0) is 13.4. The summed E-state index contributed by atoms with van der Waals surface area (Å²) in [5, 5.41) is 22.8. The normalized spacial score (nSPS) is 14.2. The third kappa shape index (κ3) is 6.11. The zero-order valence-electron chi connectivity index (χ0n) is 10.6. The molecule has 0 bridgehead atoms. The van der Waals surface area contributed by atoms with Crippen molar-refractivity contribution in [2.24, 2.45) is 5.92 Å². The first-order valence-corrected chi connectivity index (χ1v) is 5.87. The number of carbonyl (C=O) groups is 2. The Morgan fingerprint density at radius 3 is 2.12 bits per heavy atom. The van der Waals surface area contributed by atoms with E-state index in [2.05, 4.69) is 10.6 Å². The summed E-state index contributed by atoms with van der Waals surface area (Å²) in [5.74, 6) is -0.867. The Labute approximate surface area is 101 Å². The van der Waals surface area contributed by atoms with Crippen LogP contribution in [0.25, 0.3) is 0 Å². The van der Waals surface area contributed by atoms with E-state index in [1.54, 1.807) is 0 Å². The summed E-state index contributed by atoms with van der Waals surface area (Å²) in [6, 6.07) is -1.85. The van der Waals surface area contributed by atoms with Gasteiger partial charge in [-0.25, -0.2) is 9.59 Å². The van der Waals surface area contributed by atoms with Crippen molar-refractivity contribution in [2.75, 3.05) is 6.54 Å². The molecule has 6 heteroatoms. The maximum absolute atomic E-state index is 11.4. The molecule has 0 aliphatic carbocycles. The van der Waals surface area contributed by atoms with Gasteiger partial charge in [-0.2, -0.15) is 0 Å². The Kier molecular flexibility index (Phi) is 7.29. The summed E-state index contributed by atoms with van der Waals surface area (Å²) < 4.78 is 0. The lowest BCUT2D eigenvalue weighted by molar-refractivity contribution is -0.141. The quantitative estimate of drug-likeness (QED) is 0.527. The van der Waals surface area contributed by atoms with Crippen LogP contribution in [0, 0.1) is 5.92 Å². The van der Waals surface area contributed by atoms with Crippen LogP contribution in [0.1, 0.15) is 33.6 Å². The molecule has 4 N–H and O–H groups in total. The average Bonchev–Trinajstić information content (AvgIpc) is 2.26. The molecule has 100 valence electrons. The van der Waals surface area contributed by atoms with Crippen LogP contribution in [-0.4, -0.2) is 40.9 Å². The largest absolute Gasteiger partial charge is 0.480 e. The summed E-state index contributed by atoms with van der Waals surface area (Å²) in [6.45, 7) is 5.89. The second kappa shape index (κ2) is 7.89. The molecule has 2 atom stereocenters. The van der Waals surface area contributed by atoms with Gasteiger partial charge >= 0.3 is 12.0 Å². The van der Waals surface area contributed by atoms with Crippen LogP contribution >= 0.6 is 0 Å². The molecule has 0 aromatic rings. The summed E-state index contributed by atoms with van der Waals surface area (Å²) in [7, 11) is 0. The number of rotatable bonds is 7. The maximum Gasteiger partial charge on any atom is 0.328 e. The van der Waals surface area contributed by atoms with E-state index in [0.29, 0.717) is 12.5 Å². The molecule has 0 saturated heterocycles. The molecule has 0 fully saturated rings. The number of urea groups is 1. The number of carboxylic acid groups (broad SMARTS) is 1. The highest BCUT2D eigenvalue weighted by molar-refractivity contribution is 5.82. The molecule has 17 heavy (non-hydrogen) atoms. The van der Waals surface area contributed by atoms with Crippen molar-refractivity contribution in [3.05, 3.63) is 0 Å². The Morgan fingerprint density at radius 2 is 1.76 bits per heavy atom. The second-order valence-corrected chi connectivity index (χ2v) is 4.09. The Balaban J connectivity index is 4.11. The van der Waals surface area contributed by atoms with Crippen molar-refractivity contribution in [1.82, 2.24) is 10.6 Å². The molecule has 0 heterocycles. The molecule has 0 aliphatic rings. The minimum atomic E-state index is -1.28. The third-order valence-electron chi connectivity index (χ3n) is 2.74. The Morgan fingerprint density at radius 1 is 1.24 bits per heavy atom. The van der Waals surface area contributed by atoms with Gasteiger partial charge in [0.2, 0.25) is 0 Å². The zero-order valence-corrected chi connectivity index (χ0v) is 10.6. The molecule has 6 nitrogen and oxygen atoms in total. The van der Waals surface area contributed by atoms with Crippen LogP contribution in [0.5, 0.6) is 0 Å². The van der Waals surface area contributed by atoms with Gasteiger partial charge in [-0.1, -0.05) is 26.7 Å². The fraction of sp³-hybridized carbons (Fsp3) is 0.818. The molecule has 0 saturated carbocycles.